The van der Waals surface area contributed by atoms with Crippen LogP contribution in [0, 0.1) is 11.3 Å². The smallest absolute Gasteiger partial charge is 0.220 e. The normalized spacial score (nSPS) is 10.2. The van der Waals surface area contributed by atoms with Crippen LogP contribution in [-0.2, 0) is 0 Å². The molecule has 3 nitrogen and oxygen atoms in total. The van der Waals surface area contributed by atoms with Crippen LogP contribution in [0.15, 0.2) is 35.2 Å². The third-order valence-corrected chi connectivity index (χ3v) is 4.51. The molecule has 0 radical (unpaired) electrons. The second-order valence-electron chi connectivity index (χ2n) is 4.13. The lowest BCUT2D eigenvalue weighted by Crippen LogP contribution is -1.93. The average Bonchev–Trinajstić information content (AvgIpc) is 2.49. The molecule has 0 fully saturated rings. The zero-order valence-electron chi connectivity index (χ0n) is 11.3. The molecule has 0 spiro atoms. The number of hydrogen-bond acceptors (Lipinski definition) is 4. The summed E-state index contributed by atoms with van der Waals surface area (Å²) in [4.78, 5) is 5.07. The Morgan fingerprint density at radius 3 is 2.71 bits per heavy atom. The molecule has 1 aromatic carbocycles. The van der Waals surface area contributed by atoms with Crippen molar-refractivity contribution < 1.29 is 4.74 Å². The molecule has 0 saturated heterocycles. The first-order chi connectivity index (χ1) is 10.1. The summed E-state index contributed by atoms with van der Waals surface area (Å²) in [5, 5.41) is 10.0. The van der Waals surface area contributed by atoms with E-state index in [0.29, 0.717) is 27.4 Å². The molecule has 0 aliphatic heterocycles. The van der Waals surface area contributed by atoms with Gasteiger partial charge in [0.15, 0.2) is 5.69 Å². The minimum Gasteiger partial charge on any atom is -0.439 e. The number of benzene rings is 1. The number of nitriles is 1. The van der Waals surface area contributed by atoms with Crippen molar-refractivity contribution in [3.05, 3.63) is 46.1 Å². The van der Waals surface area contributed by atoms with E-state index >= 15 is 0 Å². The van der Waals surface area contributed by atoms with Gasteiger partial charge in [-0.05, 0) is 30.4 Å². The lowest BCUT2D eigenvalue weighted by Gasteiger charge is -2.08. The Kier molecular flexibility index (Phi) is 5.75. The average molecular weight is 339 g/mol. The van der Waals surface area contributed by atoms with Crippen molar-refractivity contribution in [2.24, 2.45) is 0 Å². The first-order valence-electron chi connectivity index (χ1n) is 6.31. The summed E-state index contributed by atoms with van der Waals surface area (Å²) < 4.78 is 5.60. The molecule has 21 heavy (non-hydrogen) atoms. The highest BCUT2D eigenvalue weighted by atomic mass is 35.5. The second-order valence-corrected chi connectivity index (χ2v) is 6.09. The van der Waals surface area contributed by atoms with E-state index in [0.717, 1.165) is 17.1 Å². The summed E-state index contributed by atoms with van der Waals surface area (Å²) in [5.41, 5.74) is 0.367. The van der Waals surface area contributed by atoms with Crippen LogP contribution in [0.3, 0.4) is 0 Å². The number of hydrogen-bond donors (Lipinski definition) is 0. The number of aromatic nitrogens is 1. The molecule has 0 unspecified atom stereocenters. The third kappa shape index (κ3) is 4.28. The van der Waals surface area contributed by atoms with Crippen molar-refractivity contribution in [2.45, 2.75) is 18.2 Å². The zero-order chi connectivity index (χ0) is 15.2. The Hall–Kier alpha value is -1.41. The van der Waals surface area contributed by atoms with E-state index in [1.54, 1.807) is 36.0 Å². The SMILES string of the molecule is CCCSc1ccc(Oc2ccc(Cl)c(Cl)c2)nc1C#N. The number of halogens is 2. The first-order valence-corrected chi connectivity index (χ1v) is 8.05. The van der Waals surface area contributed by atoms with Gasteiger partial charge in [-0.2, -0.15) is 5.26 Å². The largest absolute Gasteiger partial charge is 0.439 e. The van der Waals surface area contributed by atoms with E-state index in [1.807, 2.05) is 6.07 Å². The van der Waals surface area contributed by atoms with Gasteiger partial charge in [-0.25, -0.2) is 4.98 Å². The molecule has 0 amide bonds. The minimum absolute atomic E-state index is 0.353. The summed E-state index contributed by atoms with van der Waals surface area (Å²) in [6, 6.07) is 10.6. The molecule has 108 valence electrons. The fourth-order valence-corrected chi connectivity index (χ4v) is 2.66. The van der Waals surface area contributed by atoms with Gasteiger partial charge >= 0.3 is 0 Å². The maximum Gasteiger partial charge on any atom is 0.220 e. The quantitative estimate of drug-likeness (QED) is 0.670. The molecule has 6 heteroatoms. The summed E-state index contributed by atoms with van der Waals surface area (Å²) in [7, 11) is 0. The van der Waals surface area contributed by atoms with Crippen LogP contribution in [0.2, 0.25) is 10.0 Å². The van der Waals surface area contributed by atoms with Crippen LogP contribution in [-0.4, -0.2) is 10.7 Å². The van der Waals surface area contributed by atoms with Gasteiger partial charge in [0.05, 0.1) is 10.0 Å². The Balaban J connectivity index is 2.21. The molecular formula is C15H12Cl2N2OS. The van der Waals surface area contributed by atoms with Crippen molar-refractivity contribution in [3.8, 4) is 17.7 Å². The van der Waals surface area contributed by atoms with Crippen LogP contribution in [0.4, 0.5) is 0 Å². The van der Waals surface area contributed by atoms with Crippen LogP contribution in [0.1, 0.15) is 19.0 Å². The van der Waals surface area contributed by atoms with Crippen molar-refractivity contribution >= 4 is 35.0 Å². The monoisotopic (exact) mass is 338 g/mol. The van der Waals surface area contributed by atoms with Crippen LogP contribution in [0.25, 0.3) is 0 Å². The van der Waals surface area contributed by atoms with Crippen LogP contribution < -0.4 is 4.74 Å². The Morgan fingerprint density at radius 1 is 1.24 bits per heavy atom. The lowest BCUT2D eigenvalue weighted by molar-refractivity contribution is 0.461. The fourth-order valence-electron chi connectivity index (χ4n) is 1.55. The van der Waals surface area contributed by atoms with Crippen molar-refractivity contribution in [1.82, 2.24) is 4.98 Å². The molecule has 0 aliphatic carbocycles. The highest BCUT2D eigenvalue weighted by molar-refractivity contribution is 7.99. The fraction of sp³-hybridized carbons (Fsp3) is 0.200. The predicted molar refractivity (Wildman–Crippen MR) is 86.5 cm³/mol. The van der Waals surface area contributed by atoms with Gasteiger partial charge in [-0.1, -0.05) is 30.1 Å². The molecule has 1 aromatic heterocycles. The predicted octanol–water partition coefficient (Wildman–Crippen LogP) is 5.55. The van der Waals surface area contributed by atoms with Crippen molar-refractivity contribution in [2.75, 3.05) is 5.75 Å². The summed E-state index contributed by atoms with van der Waals surface area (Å²) in [5.74, 6) is 1.82. The van der Waals surface area contributed by atoms with Crippen LogP contribution in [0.5, 0.6) is 11.6 Å². The van der Waals surface area contributed by atoms with Gasteiger partial charge in [0.1, 0.15) is 11.8 Å². The van der Waals surface area contributed by atoms with Crippen LogP contribution >= 0.6 is 35.0 Å². The highest BCUT2D eigenvalue weighted by Gasteiger charge is 2.08. The summed E-state index contributed by atoms with van der Waals surface area (Å²) in [6.07, 6.45) is 1.04. The molecular weight excluding hydrogens is 327 g/mol. The number of ether oxygens (including phenoxy) is 1. The van der Waals surface area contributed by atoms with E-state index in [1.165, 1.54) is 0 Å². The molecule has 0 atom stereocenters. The van der Waals surface area contributed by atoms with E-state index in [2.05, 4.69) is 18.0 Å². The van der Waals surface area contributed by atoms with E-state index in [-0.39, 0.29) is 0 Å². The molecule has 1 heterocycles. The number of nitrogens with zero attached hydrogens (tertiary/aromatic N) is 2. The second kappa shape index (κ2) is 7.56. The standard InChI is InChI=1S/C15H12Cl2N2OS/c1-2-7-21-14-5-6-15(19-13(14)9-18)20-10-3-4-11(16)12(17)8-10/h3-6,8H,2,7H2,1H3. The molecule has 2 rings (SSSR count). The third-order valence-electron chi connectivity index (χ3n) is 2.51. The van der Waals surface area contributed by atoms with Gasteiger partial charge in [0.25, 0.3) is 0 Å². The van der Waals surface area contributed by atoms with Crippen molar-refractivity contribution in [3.63, 3.8) is 0 Å². The molecule has 0 bridgehead atoms. The van der Waals surface area contributed by atoms with E-state index in [9.17, 15) is 0 Å². The van der Waals surface area contributed by atoms with E-state index in [4.69, 9.17) is 33.2 Å². The Morgan fingerprint density at radius 2 is 2.05 bits per heavy atom. The molecule has 0 N–H and O–H groups in total. The summed E-state index contributed by atoms with van der Waals surface area (Å²) >= 11 is 13.4. The number of pyridine rings is 1. The number of rotatable bonds is 5. The lowest BCUT2D eigenvalue weighted by atomic mass is 10.3. The number of thioether (sulfide) groups is 1. The summed E-state index contributed by atoms with van der Waals surface area (Å²) in [6.45, 7) is 2.09. The van der Waals surface area contributed by atoms with Gasteiger partial charge < -0.3 is 4.74 Å². The van der Waals surface area contributed by atoms with Gasteiger partial charge in [-0.15, -0.1) is 11.8 Å². The molecule has 2 aromatic rings. The van der Waals surface area contributed by atoms with Gasteiger partial charge in [0.2, 0.25) is 5.88 Å². The van der Waals surface area contributed by atoms with Gasteiger partial charge in [-0.3, -0.25) is 0 Å². The topological polar surface area (TPSA) is 45.9 Å². The molecule has 0 aliphatic rings. The van der Waals surface area contributed by atoms with Crippen molar-refractivity contribution in [1.29, 1.82) is 5.26 Å². The first kappa shape index (κ1) is 16.0. The van der Waals surface area contributed by atoms with E-state index < -0.39 is 0 Å². The zero-order valence-corrected chi connectivity index (χ0v) is 13.6. The Bertz CT molecular complexity index is 686. The highest BCUT2D eigenvalue weighted by Crippen LogP contribution is 2.30. The van der Waals surface area contributed by atoms with Gasteiger partial charge in [0, 0.05) is 17.0 Å². The maximum atomic E-state index is 9.17. The minimum atomic E-state index is 0.353. The molecule has 0 saturated carbocycles. The Labute approximate surface area is 137 Å². The maximum absolute atomic E-state index is 9.17.